The topological polar surface area (TPSA) is 50.8 Å². The van der Waals surface area contributed by atoms with E-state index in [-0.39, 0.29) is 5.91 Å². The summed E-state index contributed by atoms with van der Waals surface area (Å²) in [7, 11) is 3.37. The Kier molecular flexibility index (Phi) is 9.82. The molecular formula is C16H25ClN2O3. The van der Waals surface area contributed by atoms with Gasteiger partial charge in [-0.1, -0.05) is 17.7 Å². The van der Waals surface area contributed by atoms with Gasteiger partial charge in [0.05, 0.1) is 6.61 Å². The number of amides is 1. The largest absolute Gasteiger partial charge is 0.385 e. The van der Waals surface area contributed by atoms with Crippen LogP contribution in [0.5, 0.6) is 0 Å². The fourth-order valence-corrected chi connectivity index (χ4v) is 2.23. The summed E-state index contributed by atoms with van der Waals surface area (Å²) < 4.78 is 10.2. The molecule has 124 valence electrons. The molecular weight excluding hydrogens is 304 g/mol. The molecule has 1 N–H and O–H groups in total. The van der Waals surface area contributed by atoms with Crippen molar-refractivity contribution in [2.75, 3.05) is 52.4 Å². The van der Waals surface area contributed by atoms with Gasteiger partial charge in [0.15, 0.2) is 0 Å². The van der Waals surface area contributed by atoms with Gasteiger partial charge in [0, 0.05) is 57.6 Å². The second-order valence-electron chi connectivity index (χ2n) is 4.99. The molecule has 0 unspecified atom stereocenters. The lowest BCUT2D eigenvalue weighted by molar-refractivity contribution is -0.116. The minimum atomic E-state index is -0.0172. The third kappa shape index (κ3) is 8.34. The summed E-state index contributed by atoms with van der Waals surface area (Å²) in [6.45, 7) is 3.77. The second-order valence-corrected chi connectivity index (χ2v) is 5.43. The number of anilines is 1. The van der Waals surface area contributed by atoms with Crippen LogP contribution < -0.4 is 5.32 Å². The summed E-state index contributed by atoms with van der Waals surface area (Å²) in [4.78, 5) is 14.2. The number of nitrogens with zero attached hydrogens (tertiary/aromatic N) is 1. The van der Waals surface area contributed by atoms with Crippen LogP contribution >= 0.6 is 11.6 Å². The monoisotopic (exact) mass is 328 g/mol. The summed E-state index contributed by atoms with van der Waals surface area (Å²) >= 11 is 5.90. The number of ether oxygens (including phenoxy) is 2. The van der Waals surface area contributed by atoms with Crippen molar-refractivity contribution in [3.05, 3.63) is 29.3 Å². The van der Waals surface area contributed by atoms with E-state index in [1.165, 1.54) is 0 Å². The first-order chi connectivity index (χ1) is 10.7. The zero-order valence-corrected chi connectivity index (χ0v) is 14.1. The maximum absolute atomic E-state index is 12.0. The molecule has 1 aromatic carbocycles. The average Bonchev–Trinajstić information content (AvgIpc) is 2.49. The van der Waals surface area contributed by atoms with Gasteiger partial charge in [-0.15, -0.1) is 0 Å². The van der Waals surface area contributed by atoms with E-state index in [9.17, 15) is 4.79 Å². The van der Waals surface area contributed by atoms with E-state index in [0.29, 0.717) is 24.6 Å². The Hall–Kier alpha value is -1.14. The minimum absolute atomic E-state index is 0.0172. The van der Waals surface area contributed by atoms with E-state index in [4.69, 9.17) is 21.1 Å². The van der Waals surface area contributed by atoms with Gasteiger partial charge in [0.25, 0.3) is 0 Å². The SMILES string of the molecule is COCCCN(CCOC)CCC(=O)Nc1cccc(Cl)c1. The molecule has 1 aromatic rings. The molecule has 0 aliphatic carbocycles. The number of hydrogen-bond acceptors (Lipinski definition) is 4. The Bertz CT molecular complexity index is 443. The first-order valence-corrected chi connectivity index (χ1v) is 7.79. The molecule has 0 radical (unpaired) electrons. The van der Waals surface area contributed by atoms with Gasteiger partial charge in [-0.3, -0.25) is 4.79 Å². The van der Waals surface area contributed by atoms with Crippen molar-refractivity contribution < 1.29 is 14.3 Å². The molecule has 0 aliphatic rings. The highest BCUT2D eigenvalue weighted by Gasteiger charge is 2.09. The molecule has 0 spiro atoms. The zero-order valence-electron chi connectivity index (χ0n) is 13.3. The lowest BCUT2D eigenvalue weighted by Gasteiger charge is -2.21. The van der Waals surface area contributed by atoms with Crippen LogP contribution in [0.3, 0.4) is 0 Å². The first kappa shape index (κ1) is 18.9. The molecule has 0 fully saturated rings. The van der Waals surface area contributed by atoms with Gasteiger partial charge in [-0.2, -0.15) is 0 Å². The molecule has 0 aliphatic heterocycles. The molecule has 6 heteroatoms. The van der Waals surface area contributed by atoms with Crippen LogP contribution in [-0.4, -0.2) is 57.9 Å². The van der Waals surface area contributed by atoms with Crippen molar-refractivity contribution in [3.63, 3.8) is 0 Å². The maximum atomic E-state index is 12.0. The van der Waals surface area contributed by atoms with Gasteiger partial charge in [0.2, 0.25) is 5.91 Å². The van der Waals surface area contributed by atoms with Crippen LogP contribution in [0.15, 0.2) is 24.3 Å². The van der Waals surface area contributed by atoms with Gasteiger partial charge >= 0.3 is 0 Å². The molecule has 22 heavy (non-hydrogen) atoms. The Morgan fingerprint density at radius 1 is 1.18 bits per heavy atom. The standard InChI is InChI=1S/C16H25ClN2O3/c1-21-11-4-8-19(10-12-22-2)9-7-16(20)18-15-6-3-5-14(17)13-15/h3,5-6,13H,4,7-12H2,1-2H3,(H,18,20). The molecule has 0 saturated heterocycles. The number of nitrogens with one attached hydrogen (secondary N) is 1. The van der Waals surface area contributed by atoms with Crippen molar-refractivity contribution >= 4 is 23.2 Å². The maximum Gasteiger partial charge on any atom is 0.225 e. The number of halogens is 1. The zero-order chi connectivity index (χ0) is 16.2. The Labute approximate surface area is 137 Å². The third-order valence-corrected chi connectivity index (χ3v) is 3.43. The molecule has 0 atom stereocenters. The van der Waals surface area contributed by atoms with Gasteiger partial charge in [-0.05, 0) is 24.6 Å². The highest BCUT2D eigenvalue weighted by molar-refractivity contribution is 6.30. The van der Waals surface area contributed by atoms with Crippen LogP contribution in [-0.2, 0) is 14.3 Å². The molecule has 0 aromatic heterocycles. The number of rotatable bonds is 11. The molecule has 0 bridgehead atoms. The third-order valence-electron chi connectivity index (χ3n) is 3.20. The van der Waals surface area contributed by atoms with Crippen LogP contribution in [0, 0.1) is 0 Å². The summed E-state index contributed by atoms with van der Waals surface area (Å²) in [6.07, 6.45) is 1.37. The van der Waals surface area contributed by atoms with Gasteiger partial charge in [-0.25, -0.2) is 0 Å². The van der Waals surface area contributed by atoms with Crippen LogP contribution in [0.1, 0.15) is 12.8 Å². The second kappa shape index (κ2) is 11.4. The number of carbonyl (C=O) groups excluding carboxylic acids is 1. The summed E-state index contributed by atoms with van der Waals surface area (Å²) in [6, 6.07) is 7.15. The Balaban J connectivity index is 2.36. The van der Waals surface area contributed by atoms with Crippen LogP contribution in [0.4, 0.5) is 5.69 Å². The lowest BCUT2D eigenvalue weighted by atomic mass is 10.3. The Morgan fingerprint density at radius 2 is 1.95 bits per heavy atom. The van der Waals surface area contributed by atoms with Crippen molar-refractivity contribution in [1.82, 2.24) is 4.90 Å². The number of hydrogen-bond donors (Lipinski definition) is 1. The summed E-state index contributed by atoms with van der Waals surface area (Å²) in [5, 5.41) is 3.47. The van der Waals surface area contributed by atoms with Gasteiger partial charge in [0.1, 0.15) is 0 Å². The number of methoxy groups -OCH3 is 2. The van der Waals surface area contributed by atoms with E-state index in [1.54, 1.807) is 26.4 Å². The quantitative estimate of drug-likeness (QED) is 0.634. The van der Waals surface area contributed by atoms with Crippen molar-refractivity contribution in [3.8, 4) is 0 Å². The highest BCUT2D eigenvalue weighted by Crippen LogP contribution is 2.15. The van der Waals surface area contributed by atoms with E-state index in [2.05, 4.69) is 10.2 Å². The molecule has 1 rings (SSSR count). The summed E-state index contributed by atoms with van der Waals surface area (Å²) in [5.74, 6) is -0.0172. The molecule has 0 saturated carbocycles. The average molecular weight is 329 g/mol. The lowest BCUT2D eigenvalue weighted by Crippen LogP contribution is -2.32. The normalized spacial score (nSPS) is 10.9. The predicted octanol–water partition coefficient (Wildman–Crippen LogP) is 2.65. The van der Waals surface area contributed by atoms with E-state index in [1.807, 2.05) is 12.1 Å². The minimum Gasteiger partial charge on any atom is -0.385 e. The van der Waals surface area contributed by atoms with Crippen molar-refractivity contribution in [2.45, 2.75) is 12.8 Å². The van der Waals surface area contributed by atoms with Crippen LogP contribution in [0.25, 0.3) is 0 Å². The highest BCUT2D eigenvalue weighted by atomic mass is 35.5. The van der Waals surface area contributed by atoms with E-state index >= 15 is 0 Å². The fraction of sp³-hybridized carbons (Fsp3) is 0.562. The predicted molar refractivity (Wildman–Crippen MR) is 89.5 cm³/mol. The van der Waals surface area contributed by atoms with Crippen LogP contribution in [0.2, 0.25) is 5.02 Å². The Morgan fingerprint density at radius 3 is 2.64 bits per heavy atom. The number of carbonyl (C=O) groups is 1. The fourth-order valence-electron chi connectivity index (χ4n) is 2.04. The molecule has 5 nitrogen and oxygen atoms in total. The number of benzene rings is 1. The van der Waals surface area contributed by atoms with Crippen molar-refractivity contribution in [2.24, 2.45) is 0 Å². The first-order valence-electron chi connectivity index (χ1n) is 7.41. The van der Waals surface area contributed by atoms with E-state index < -0.39 is 0 Å². The molecule has 1 amide bonds. The summed E-state index contributed by atoms with van der Waals surface area (Å²) in [5.41, 5.74) is 0.723. The smallest absolute Gasteiger partial charge is 0.225 e. The van der Waals surface area contributed by atoms with Gasteiger partial charge < -0.3 is 19.7 Å². The van der Waals surface area contributed by atoms with Crippen molar-refractivity contribution in [1.29, 1.82) is 0 Å². The van der Waals surface area contributed by atoms with E-state index in [0.717, 1.165) is 31.8 Å². The molecule has 0 heterocycles.